The summed E-state index contributed by atoms with van der Waals surface area (Å²) in [4.78, 5) is 13.1. The third-order valence-electron chi connectivity index (χ3n) is 3.30. The van der Waals surface area contributed by atoms with E-state index in [1.54, 1.807) is 11.7 Å². The Kier molecular flexibility index (Phi) is 4.84. The van der Waals surface area contributed by atoms with E-state index < -0.39 is 0 Å². The molecule has 0 aliphatic heterocycles. The molecule has 1 heterocycles. The van der Waals surface area contributed by atoms with Gasteiger partial charge < -0.3 is 9.84 Å². The number of aliphatic hydroxyl groups is 1. The predicted octanol–water partition coefficient (Wildman–Crippen LogP) is 1.93. The topological polar surface area (TPSA) is 51.5 Å². The molecular formula is C16H17NO3S. The second kappa shape index (κ2) is 6.61. The van der Waals surface area contributed by atoms with E-state index >= 15 is 0 Å². The van der Waals surface area contributed by atoms with Gasteiger partial charge in [-0.05, 0) is 32.0 Å². The van der Waals surface area contributed by atoms with Crippen molar-refractivity contribution < 1.29 is 9.84 Å². The van der Waals surface area contributed by atoms with E-state index in [9.17, 15) is 4.79 Å². The van der Waals surface area contributed by atoms with Crippen molar-refractivity contribution in [2.45, 2.75) is 20.4 Å². The number of hydrogen-bond acceptors (Lipinski definition) is 4. The van der Waals surface area contributed by atoms with Crippen LogP contribution in [-0.4, -0.2) is 23.4 Å². The first-order valence-corrected chi connectivity index (χ1v) is 7.32. The van der Waals surface area contributed by atoms with Crippen molar-refractivity contribution in [1.82, 2.24) is 4.57 Å². The Morgan fingerprint density at radius 1 is 1.38 bits per heavy atom. The van der Waals surface area contributed by atoms with Crippen LogP contribution in [0.3, 0.4) is 0 Å². The van der Waals surface area contributed by atoms with E-state index in [2.05, 4.69) is 11.8 Å². The molecule has 0 bridgehead atoms. The van der Waals surface area contributed by atoms with E-state index in [0.717, 1.165) is 27.4 Å². The van der Waals surface area contributed by atoms with Crippen LogP contribution in [0.2, 0.25) is 0 Å². The summed E-state index contributed by atoms with van der Waals surface area (Å²) in [7, 11) is 1.60. The lowest BCUT2D eigenvalue weighted by Gasteiger charge is -2.11. The lowest BCUT2D eigenvalue weighted by Crippen LogP contribution is -2.16. The largest absolute Gasteiger partial charge is 0.496 e. The molecule has 5 heteroatoms. The van der Waals surface area contributed by atoms with Gasteiger partial charge in [-0.2, -0.15) is 0 Å². The molecule has 0 saturated heterocycles. The normalized spacial score (nSPS) is 10.1. The van der Waals surface area contributed by atoms with Gasteiger partial charge >= 0.3 is 4.87 Å². The molecule has 0 aliphatic carbocycles. The summed E-state index contributed by atoms with van der Waals surface area (Å²) in [6, 6.07) is 5.55. The monoisotopic (exact) mass is 303 g/mol. The Morgan fingerprint density at radius 2 is 2.14 bits per heavy atom. The van der Waals surface area contributed by atoms with E-state index in [0.29, 0.717) is 6.54 Å². The summed E-state index contributed by atoms with van der Waals surface area (Å²) in [5.41, 5.74) is 2.65. The minimum atomic E-state index is -0.177. The van der Waals surface area contributed by atoms with Crippen LogP contribution >= 0.6 is 11.3 Å². The number of thiazole rings is 1. The lowest BCUT2D eigenvalue weighted by atomic mass is 10.1. The van der Waals surface area contributed by atoms with Crippen molar-refractivity contribution in [3.8, 4) is 17.6 Å². The quantitative estimate of drug-likeness (QED) is 0.882. The Bertz CT molecular complexity index is 762. The van der Waals surface area contributed by atoms with Gasteiger partial charge in [0, 0.05) is 21.7 Å². The van der Waals surface area contributed by atoms with E-state index in [1.807, 2.05) is 32.0 Å². The second-order valence-corrected chi connectivity index (χ2v) is 5.75. The summed E-state index contributed by atoms with van der Waals surface area (Å²) in [5.74, 6) is 6.21. The van der Waals surface area contributed by atoms with Crippen LogP contribution < -0.4 is 9.61 Å². The molecule has 0 aliphatic rings. The van der Waals surface area contributed by atoms with Gasteiger partial charge in [0.15, 0.2) is 0 Å². The third kappa shape index (κ3) is 3.35. The first kappa shape index (κ1) is 15.4. The third-order valence-corrected chi connectivity index (χ3v) is 4.29. The van der Waals surface area contributed by atoms with Crippen molar-refractivity contribution in [1.29, 1.82) is 0 Å². The molecule has 1 N–H and O–H groups in total. The Hall–Kier alpha value is -2.03. The van der Waals surface area contributed by atoms with Gasteiger partial charge in [0.25, 0.3) is 0 Å². The average Bonchev–Trinajstić information content (AvgIpc) is 2.72. The first-order valence-electron chi connectivity index (χ1n) is 6.50. The minimum absolute atomic E-state index is 0.0268. The highest BCUT2D eigenvalue weighted by Crippen LogP contribution is 2.22. The van der Waals surface area contributed by atoms with Crippen LogP contribution in [-0.2, 0) is 6.54 Å². The Morgan fingerprint density at radius 3 is 2.71 bits per heavy atom. The Balaban J connectivity index is 2.44. The van der Waals surface area contributed by atoms with Crippen molar-refractivity contribution in [2.75, 3.05) is 13.7 Å². The predicted molar refractivity (Wildman–Crippen MR) is 84.1 cm³/mol. The number of ether oxygens (including phenoxy) is 1. The zero-order chi connectivity index (χ0) is 15.4. The molecule has 2 aromatic rings. The second-order valence-electron chi connectivity index (χ2n) is 4.58. The van der Waals surface area contributed by atoms with Gasteiger partial charge in [-0.15, -0.1) is 0 Å². The van der Waals surface area contributed by atoms with Gasteiger partial charge in [0.05, 0.1) is 13.7 Å². The zero-order valence-electron chi connectivity index (χ0n) is 12.3. The fraction of sp³-hybridized carbons (Fsp3) is 0.312. The van der Waals surface area contributed by atoms with Crippen molar-refractivity contribution in [3.05, 3.63) is 49.6 Å². The summed E-state index contributed by atoms with van der Waals surface area (Å²) < 4.78 is 7.09. The number of benzene rings is 1. The van der Waals surface area contributed by atoms with E-state index in [1.165, 1.54) is 11.3 Å². The molecule has 1 aromatic carbocycles. The fourth-order valence-corrected chi connectivity index (χ4v) is 2.89. The van der Waals surface area contributed by atoms with Crippen LogP contribution in [0, 0.1) is 25.7 Å². The molecule has 2 rings (SSSR count). The molecule has 0 atom stereocenters. The van der Waals surface area contributed by atoms with Gasteiger partial charge in [0.1, 0.15) is 12.4 Å². The lowest BCUT2D eigenvalue weighted by molar-refractivity contribution is 0.350. The van der Waals surface area contributed by atoms with Gasteiger partial charge in [0.2, 0.25) is 0 Å². The summed E-state index contributed by atoms with van der Waals surface area (Å²) >= 11 is 1.25. The smallest absolute Gasteiger partial charge is 0.307 e. The van der Waals surface area contributed by atoms with E-state index in [4.69, 9.17) is 9.84 Å². The highest BCUT2D eigenvalue weighted by molar-refractivity contribution is 7.09. The van der Waals surface area contributed by atoms with Crippen molar-refractivity contribution >= 4 is 11.3 Å². The summed E-state index contributed by atoms with van der Waals surface area (Å²) in [5, 5.41) is 8.77. The number of hydrogen-bond donors (Lipinski definition) is 1. The average molecular weight is 303 g/mol. The molecule has 0 radical (unpaired) electrons. The van der Waals surface area contributed by atoms with Gasteiger partial charge in [-0.1, -0.05) is 23.2 Å². The molecule has 0 spiro atoms. The molecule has 0 amide bonds. The maximum Gasteiger partial charge on any atom is 0.307 e. The highest BCUT2D eigenvalue weighted by Gasteiger charge is 2.11. The number of aryl methyl sites for hydroxylation is 1. The van der Waals surface area contributed by atoms with E-state index in [-0.39, 0.29) is 11.5 Å². The van der Waals surface area contributed by atoms with Crippen LogP contribution in [0.1, 0.15) is 21.7 Å². The number of aliphatic hydroxyl groups excluding tert-OH is 1. The van der Waals surface area contributed by atoms with Crippen LogP contribution in [0.25, 0.3) is 0 Å². The Labute approximate surface area is 127 Å². The first-order chi connectivity index (χ1) is 10.1. The standard InChI is InChI=1S/C16H17NO3S/c1-11-12(2)21-16(19)17(11)10-14-9-13(5-4-8-18)6-7-15(14)20-3/h6-7,9,18H,8,10H2,1-3H3. The van der Waals surface area contributed by atoms with Crippen LogP contribution in [0.4, 0.5) is 0 Å². The number of aromatic nitrogens is 1. The molecule has 21 heavy (non-hydrogen) atoms. The molecule has 4 nitrogen and oxygen atoms in total. The zero-order valence-corrected chi connectivity index (χ0v) is 13.1. The maximum absolute atomic E-state index is 12.0. The van der Waals surface area contributed by atoms with Crippen molar-refractivity contribution in [3.63, 3.8) is 0 Å². The molecule has 0 saturated carbocycles. The minimum Gasteiger partial charge on any atom is -0.496 e. The van der Waals surface area contributed by atoms with Gasteiger partial charge in [-0.3, -0.25) is 9.36 Å². The molecule has 0 fully saturated rings. The number of rotatable bonds is 3. The van der Waals surface area contributed by atoms with Crippen molar-refractivity contribution in [2.24, 2.45) is 0 Å². The molecule has 1 aromatic heterocycles. The SMILES string of the molecule is COc1ccc(C#CCO)cc1Cn1c(C)c(C)sc1=O. The maximum atomic E-state index is 12.0. The molecule has 110 valence electrons. The number of nitrogens with zero attached hydrogens (tertiary/aromatic N) is 1. The van der Waals surface area contributed by atoms with Gasteiger partial charge in [-0.25, -0.2) is 0 Å². The number of methoxy groups -OCH3 is 1. The fourth-order valence-electron chi connectivity index (χ4n) is 2.06. The highest BCUT2D eigenvalue weighted by atomic mass is 32.1. The summed E-state index contributed by atoms with van der Waals surface area (Å²) in [6.07, 6.45) is 0. The van der Waals surface area contributed by atoms with Crippen LogP contribution in [0.15, 0.2) is 23.0 Å². The molecule has 0 unspecified atom stereocenters. The van der Waals surface area contributed by atoms with Crippen LogP contribution in [0.5, 0.6) is 5.75 Å². The molecular weight excluding hydrogens is 286 g/mol. The summed E-state index contributed by atoms with van der Waals surface area (Å²) in [6.45, 7) is 4.16.